The van der Waals surface area contributed by atoms with Crippen LogP contribution in [0.2, 0.25) is 0 Å². The Bertz CT molecular complexity index is 640. The summed E-state index contributed by atoms with van der Waals surface area (Å²) in [5.41, 5.74) is 1.15. The second-order valence-corrected chi connectivity index (χ2v) is 8.15. The van der Waals surface area contributed by atoms with Crippen molar-refractivity contribution in [3.63, 3.8) is 0 Å². The maximum absolute atomic E-state index is 6.22. The molecule has 1 aromatic carbocycles. The lowest BCUT2D eigenvalue weighted by atomic mass is 10.1. The lowest BCUT2D eigenvalue weighted by molar-refractivity contribution is 0.200. The fraction of sp³-hybridized carbons (Fsp3) is 0.708. The number of guanidine groups is 1. The van der Waals surface area contributed by atoms with E-state index < -0.39 is 0 Å². The number of nitrogens with one attached hydrogen (secondary N) is 2. The standard InChI is InChI=1S/C24H42N4O2/c1-6-28(7-2)16-10-11-19(3)27-24(25-4)26-18-20-14-15-22(29-5)23(17-20)30-21-12-8-9-13-21/h14-15,17,19,21H,6-13,16,18H2,1-5H3,(H2,25,26,27). The molecule has 1 atom stereocenters. The van der Waals surface area contributed by atoms with E-state index in [4.69, 9.17) is 9.47 Å². The largest absolute Gasteiger partial charge is 0.493 e. The molecule has 6 nitrogen and oxygen atoms in total. The van der Waals surface area contributed by atoms with E-state index in [9.17, 15) is 0 Å². The fourth-order valence-corrected chi connectivity index (χ4v) is 3.96. The highest BCUT2D eigenvalue weighted by Crippen LogP contribution is 2.32. The lowest BCUT2D eigenvalue weighted by Crippen LogP contribution is -2.42. The third-order valence-electron chi connectivity index (χ3n) is 5.90. The summed E-state index contributed by atoms with van der Waals surface area (Å²) in [4.78, 5) is 6.85. The summed E-state index contributed by atoms with van der Waals surface area (Å²) in [5, 5.41) is 6.94. The van der Waals surface area contributed by atoms with Gasteiger partial charge in [0.1, 0.15) is 0 Å². The average Bonchev–Trinajstić information content (AvgIpc) is 3.27. The van der Waals surface area contributed by atoms with Crippen molar-refractivity contribution in [2.45, 2.75) is 78.0 Å². The Morgan fingerprint density at radius 3 is 2.57 bits per heavy atom. The summed E-state index contributed by atoms with van der Waals surface area (Å²) in [6.07, 6.45) is 7.40. The number of ether oxygens (including phenoxy) is 2. The van der Waals surface area contributed by atoms with Gasteiger partial charge in [-0.3, -0.25) is 4.99 Å². The van der Waals surface area contributed by atoms with Crippen LogP contribution in [0.4, 0.5) is 0 Å². The molecule has 0 amide bonds. The predicted molar refractivity (Wildman–Crippen MR) is 126 cm³/mol. The predicted octanol–water partition coefficient (Wildman–Crippen LogP) is 4.19. The topological polar surface area (TPSA) is 58.1 Å². The van der Waals surface area contributed by atoms with Gasteiger partial charge >= 0.3 is 0 Å². The van der Waals surface area contributed by atoms with Crippen molar-refractivity contribution < 1.29 is 9.47 Å². The minimum atomic E-state index is 0.314. The molecule has 2 rings (SSSR count). The van der Waals surface area contributed by atoms with Gasteiger partial charge in [0.05, 0.1) is 13.2 Å². The van der Waals surface area contributed by atoms with Crippen LogP contribution in [0.5, 0.6) is 11.5 Å². The molecule has 1 unspecified atom stereocenters. The molecule has 0 bridgehead atoms. The molecule has 6 heteroatoms. The Labute approximate surface area is 183 Å². The van der Waals surface area contributed by atoms with Gasteiger partial charge in [-0.05, 0) is 82.8 Å². The molecule has 1 aliphatic rings. The van der Waals surface area contributed by atoms with Crippen molar-refractivity contribution in [1.82, 2.24) is 15.5 Å². The van der Waals surface area contributed by atoms with Crippen LogP contribution in [-0.4, -0.2) is 56.8 Å². The van der Waals surface area contributed by atoms with Gasteiger partial charge in [0, 0.05) is 19.6 Å². The first kappa shape index (κ1) is 24.3. The van der Waals surface area contributed by atoms with Crippen molar-refractivity contribution in [3.05, 3.63) is 23.8 Å². The molecular formula is C24H42N4O2. The van der Waals surface area contributed by atoms with E-state index in [-0.39, 0.29) is 0 Å². The van der Waals surface area contributed by atoms with Crippen LogP contribution in [0, 0.1) is 0 Å². The summed E-state index contributed by atoms with van der Waals surface area (Å²) in [7, 11) is 3.52. The van der Waals surface area contributed by atoms with Crippen molar-refractivity contribution >= 4 is 5.96 Å². The normalized spacial score (nSPS) is 16.0. The van der Waals surface area contributed by atoms with Gasteiger partial charge < -0.3 is 25.0 Å². The maximum Gasteiger partial charge on any atom is 0.191 e. The van der Waals surface area contributed by atoms with Gasteiger partial charge in [-0.2, -0.15) is 0 Å². The number of hydrogen-bond donors (Lipinski definition) is 2. The van der Waals surface area contributed by atoms with Gasteiger partial charge in [-0.1, -0.05) is 19.9 Å². The molecule has 1 saturated carbocycles. The summed E-state index contributed by atoms with van der Waals surface area (Å²) in [5.74, 6) is 2.48. The third-order valence-corrected chi connectivity index (χ3v) is 5.90. The molecular weight excluding hydrogens is 376 g/mol. The van der Waals surface area contributed by atoms with Crippen LogP contribution < -0.4 is 20.1 Å². The number of hydrogen-bond acceptors (Lipinski definition) is 4. The van der Waals surface area contributed by atoms with E-state index in [0.717, 1.165) is 61.9 Å². The molecule has 0 spiro atoms. The van der Waals surface area contributed by atoms with E-state index in [1.165, 1.54) is 19.3 Å². The number of rotatable bonds is 12. The molecule has 0 aromatic heterocycles. The lowest BCUT2D eigenvalue weighted by Gasteiger charge is -2.21. The van der Waals surface area contributed by atoms with Crippen molar-refractivity contribution in [3.8, 4) is 11.5 Å². The minimum absolute atomic E-state index is 0.314. The number of benzene rings is 1. The molecule has 2 N–H and O–H groups in total. The molecule has 0 heterocycles. The van der Waals surface area contributed by atoms with Gasteiger partial charge in [-0.15, -0.1) is 0 Å². The molecule has 0 aliphatic heterocycles. The van der Waals surface area contributed by atoms with Crippen LogP contribution >= 0.6 is 0 Å². The highest BCUT2D eigenvalue weighted by Gasteiger charge is 2.18. The molecule has 1 aliphatic carbocycles. The fourth-order valence-electron chi connectivity index (χ4n) is 3.96. The van der Waals surface area contributed by atoms with Crippen LogP contribution in [0.25, 0.3) is 0 Å². The zero-order chi connectivity index (χ0) is 21.8. The molecule has 0 saturated heterocycles. The number of nitrogens with zero attached hydrogens (tertiary/aromatic N) is 2. The smallest absolute Gasteiger partial charge is 0.191 e. The second-order valence-electron chi connectivity index (χ2n) is 8.15. The average molecular weight is 419 g/mol. The van der Waals surface area contributed by atoms with Crippen molar-refractivity contribution in [1.29, 1.82) is 0 Å². The quantitative estimate of drug-likeness (QED) is 0.394. The van der Waals surface area contributed by atoms with Gasteiger partial charge in [0.15, 0.2) is 17.5 Å². The van der Waals surface area contributed by atoms with Crippen LogP contribution in [0.15, 0.2) is 23.2 Å². The molecule has 30 heavy (non-hydrogen) atoms. The van der Waals surface area contributed by atoms with E-state index in [0.29, 0.717) is 18.7 Å². The van der Waals surface area contributed by atoms with Crippen LogP contribution in [0.1, 0.15) is 64.9 Å². The molecule has 1 aromatic rings. The van der Waals surface area contributed by atoms with Crippen molar-refractivity contribution in [2.75, 3.05) is 33.8 Å². The summed E-state index contributed by atoms with van der Waals surface area (Å²) >= 11 is 0. The first-order chi connectivity index (χ1) is 14.6. The van der Waals surface area contributed by atoms with E-state index in [2.05, 4.69) is 53.4 Å². The van der Waals surface area contributed by atoms with E-state index in [1.807, 2.05) is 13.1 Å². The Balaban J connectivity index is 1.83. The van der Waals surface area contributed by atoms with E-state index >= 15 is 0 Å². The molecule has 170 valence electrons. The minimum Gasteiger partial charge on any atom is -0.493 e. The van der Waals surface area contributed by atoms with Crippen LogP contribution in [-0.2, 0) is 6.54 Å². The Hall–Kier alpha value is -1.95. The SMILES string of the molecule is CCN(CC)CCCC(C)NC(=NC)NCc1ccc(OC)c(OC2CCCC2)c1. The zero-order valence-corrected chi connectivity index (χ0v) is 19.7. The van der Waals surface area contributed by atoms with Crippen molar-refractivity contribution in [2.24, 2.45) is 4.99 Å². The first-order valence-corrected chi connectivity index (χ1v) is 11.6. The summed E-state index contributed by atoms with van der Waals surface area (Å²) in [6, 6.07) is 6.54. The Morgan fingerprint density at radius 1 is 1.20 bits per heavy atom. The first-order valence-electron chi connectivity index (χ1n) is 11.6. The Morgan fingerprint density at radius 2 is 1.93 bits per heavy atom. The summed E-state index contributed by atoms with van der Waals surface area (Å²) < 4.78 is 11.7. The van der Waals surface area contributed by atoms with Gasteiger partial charge in [0.2, 0.25) is 0 Å². The Kier molecular flexibility index (Phi) is 10.8. The highest BCUT2D eigenvalue weighted by atomic mass is 16.5. The monoisotopic (exact) mass is 418 g/mol. The van der Waals surface area contributed by atoms with Gasteiger partial charge in [-0.25, -0.2) is 0 Å². The highest BCUT2D eigenvalue weighted by molar-refractivity contribution is 5.79. The van der Waals surface area contributed by atoms with Crippen LogP contribution in [0.3, 0.4) is 0 Å². The number of methoxy groups -OCH3 is 1. The maximum atomic E-state index is 6.22. The number of aliphatic imine (C=N–C) groups is 1. The zero-order valence-electron chi connectivity index (χ0n) is 19.7. The molecule has 0 radical (unpaired) electrons. The third kappa shape index (κ3) is 8.05. The van der Waals surface area contributed by atoms with Gasteiger partial charge in [0.25, 0.3) is 0 Å². The second kappa shape index (κ2) is 13.4. The summed E-state index contributed by atoms with van der Waals surface area (Å²) in [6.45, 7) is 10.7. The molecule has 1 fully saturated rings. The van der Waals surface area contributed by atoms with E-state index in [1.54, 1.807) is 7.11 Å².